The molecular formula is C17H17N3O3S. The van der Waals surface area contributed by atoms with Crippen LogP contribution < -0.4 is 0 Å². The van der Waals surface area contributed by atoms with Crippen molar-refractivity contribution in [2.24, 2.45) is 0 Å². The van der Waals surface area contributed by atoms with Crippen molar-refractivity contribution in [2.75, 3.05) is 0 Å². The molecule has 24 heavy (non-hydrogen) atoms. The summed E-state index contributed by atoms with van der Waals surface area (Å²) < 4.78 is 26.6. The van der Waals surface area contributed by atoms with Crippen LogP contribution in [0.2, 0.25) is 0 Å². The van der Waals surface area contributed by atoms with Crippen LogP contribution in [-0.4, -0.2) is 27.5 Å². The Hall–Kier alpha value is -2.51. The Balaban J connectivity index is 2.07. The van der Waals surface area contributed by atoms with Crippen LogP contribution in [0, 0.1) is 6.92 Å². The van der Waals surface area contributed by atoms with Crippen LogP contribution in [-0.2, 0) is 10.0 Å². The van der Waals surface area contributed by atoms with E-state index in [-0.39, 0.29) is 10.5 Å². The van der Waals surface area contributed by atoms with Crippen LogP contribution in [0.1, 0.15) is 23.8 Å². The maximum atomic E-state index is 12.8. The van der Waals surface area contributed by atoms with Gasteiger partial charge in [0.25, 0.3) is 10.0 Å². The van der Waals surface area contributed by atoms with Gasteiger partial charge in [-0.15, -0.1) is 6.58 Å². The second-order valence-electron chi connectivity index (χ2n) is 5.47. The molecule has 0 fully saturated rings. The monoisotopic (exact) mass is 343 g/mol. The Bertz CT molecular complexity index is 992. The molecule has 1 aromatic carbocycles. The van der Waals surface area contributed by atoms with E-state index in [4.69, 9.17) is 0 Å². The maximum Gasteiger partial charge on any atom is 0.269 e. The van der Waals surface area contributed by atoms with Crippen LogP contribution in [0.5, 0.6) is 0 Å². The molecule has 3 rings (SSSR count). The summed E-state index contributed by atoms with van der Waals surface area (Å²) in [4.78, 5) is 8.65. The van der Waals surface area contributed by atoms with Gasteiger partial charge in [-0.2, -0.15) is 0 Å². The summed E-state index contributed by atoms with van der Waals surface area (Å²) in [7, 11) is -3.75. The summed E-state index contributed by atoms with van der Waals surface area (Å²) in [5.74, 6) is 0. The highest BCUT2D eigenvalue weighted by molar-refractivity contribution is 7.90. The number of hydrogen-bond acceptors (Lipinski definition) is 5. The normalized spacial score (nSPS) is 13.1. The first-order chi connectivity index (χ1) is 11.4. The third kappa shape index (κ3) is 2.83. The van der Waals surface area contributed by atoms with Gasteiger partial charge in [0, 0.05) is 6.20 Å². The minimum Gasteiger partial charge on any atom is -0.386 e. The number of nitrogens with zero attached hydrogens (tertiary/aromatic N) is 3. The van der Waals surface area contributed by atoms with Gasteiger partial charge < -0.3 is 5.11 Å². The van der Waals surface area contributed by atoms with Gasteiger partial charge in [-0.1, -0.05) is 23.8 Å². The fourth-order valence-electron chi connectivity index (χ4n) is 2.36. The molecule has 7 heteroatoms. The molecule has 0 bridgehead atoms. The van der Waals surface area contributed by atoms with Crippen LogP contribution in [0.25, 0.3) is 11.2 Å². The zero-order valence-corrected chi connectivity index (χ0v) is 13.9. The van der Waals surface area contributed by atoms with Gasteiger partial charge in [-0.05, 0) is 31.5 Å². The van der Waals surface area contributed by atoms with E-state index in [9.17, 15) is 13.5 Å². The summed E-state index contributed by atoms with van der Waals surface area (Å²) in [5, 5.41) is 9.95. The highest BCUT2D eigenvalue weighted by Crippen LogP contribution is 2.22. The molecule has 0 saturated carbocycles. The lowest BCUT2D eigenvalue weighted by molar-refractivity contribution is 0.177. The molecule has 1 N–H and O–H groups in total. The molecule has 0 aliphatic carbocycles. The molecule has 0 spiro atoms. The van der Waals surface area contributed by atoms with Crippen molar-refractivity contribution in [1.29, 1.82) is 0 Å². The number of hydrogen-bond donors (Lipinski definition) is 1. The molecule has 0 amide bonds. The topological polar surface area (TPSA) is 85.1 Å². The largest absolute Gasteiger partial charge is 0.386 e. The van der Waals surface area contributed by atoms with Crippen molar-refractivity contribution in [2.45, 2.75) is 24.3 Å². The minimum atomic E-state index is -3.75. The van der Waals surface area contributed by atoms with Crippen LogP contribution in [0.15, 0.2) is 60.3 Å². The van der Waals surface area contributed by atoms with Crippen molar-refractivity contribution in [3.8, 4) is 0 Å². The van der Waals surface area contributed by atoms with Gasteiger partial charge in [0.2, 0.25) is 0 Å². The first-order valence-electron chi connectivity index (χ1n) is 7.38. The Morgan fingerprint density at radius 1 is 1.29 bits per heavy atom. The quantitative estimate of drug-likeness (QED) is 0.720. The number of rotatable bonds is 5. The molecule has 2 aromatic heterocycles. The highest BCUT2D eigenvalue weighted by atomic mass is 32.2. The second-order valence-corrected chi connectivity index (χ2v) is 7.29. The highest BCUT2D eigenvalue weighted by Gasteiger charge is 2.20. The maximum absolute atomic E-state index is 12.8. The van der Waals surface area contributed by atoms with E-state index >= 15 is 0 Å². The summed E-state index contributed by atoms with van der Waals surface area (Å²) in [6.45, 7) is 5.46. The van der Waals surface area contributed by atoms with E-state index in [1.165, 1.54) is 12.4 Å². The average molecular weight is 343 g/mol. The van der Waals surface area contributed by atoms with Crippen molar-refractivity contribution in [1.82, 2.24) is 13.9 Å². The molecule has 0 aliphatic rings. The Morgan fingerprint density at radius 2 is 2.00 bits per heavy atom. The van der Waals surface area contributed by atoms with Crippen molar-refractivity contribution >= 4 is 21.2 Å². The van der Waals surface area contributed by atoms with Gasteiger partial charge in [-0.25, -0.2) is 22.4 Å². The fraction of sp³-hybridized carbons (Fsp3) is 0.176. The van der Waals surface area contributed by atoms with E-state index in [1.807, 2.05) is 6.92 Å². The third-order valence-electron chi connectivity index (χ3n) is 3.68. The number of fused-ring (bicyclic) bond motifs is 1. The van der Waals surface area contributed by atoms with Gasteiger partial charge in [0.1, 0.15) is 11.6 Å². The van der Waals surface area contributed by atoms with E-state index < -0.39 is 16.1 Å². The van der Waals surface area contributed by atoms with Crippen LogP contribution >= 0.6 is 0 Å². The van der Waals surface area contributed by atoms with Gasteiger partial charge in [0.15, 0.2) is 5.65 Å². The summed E-state index contributed by atoms with van der Waals surface area (Å²) >= 11 is 0. The van der Waals surface area contributed by atoms with Crippen molar-refractivity contribution < 1.29 is 13.5 Å². The van der Waals surface area contributed by atoms with Gasteiger partial charge in [-0.3, -0.25) is 0 Å². The molecular weight excluding hydrogens is 326 g/mol. The molecule has 0 radical (unpaired) electrons. The molecule has 124 valence electrons. The number of aliphatic hydroxyl groups excluding tert-OH is 1. The zero-order chi connectivity index (χ0) is 17.3. The standard InChI is InChI=1S/C17H17N3O3S/c1-3-4-16(21)15-11-18-17-14(19-15)9-10-20(17)24(22,23)13-7-5-12(2)6-8-13/h3,5-11,16,21H,1,4H2,2H3. The molecule has 1 atom stereocenters. The van der Waals surface area contributed by atoms with E-state index in [2.05, 4.69) is 16.5 Å². The SMILES string of the molecule is C=CCC(O)c1cnc2c(ccn2S(=O)(=O)c2ccc(C)cc2)n1. The van der Waals surface area contributed by atoms with Crippen LogP contribution in [0.3, 0.4) is 0 Å². The predicted molar refractivity (Wildman–Crippen MR) is 91.1 cm³/mol. The molecule has 0 aliphatic heterocycles. The Labute approximate surface area is 140 Å². The number of aliphatic hydroxyl groups is 1. The Kier molecular flexibility index (Phi) is 4.21. The van der Waals surface area contributed by atoms with Crippen molar-refractivity contribution in [3.63, 3.8) is 0 Å². The number of aromatic nitrogens is 3. The fourth-order valence-corrected chi connectivity index (χ4v) is 3.66. The lowest BCUT2D eigenvalue weighted by Gasteiger charge is -2.09. The summed E-state index contributed by atoms with van der Waals surface area (Å²) in [6, 6.07) is 8.18. The molecule has 3 aromatic rings. The minimum absolute atomic E-state index is 0.183. The van der Waals surface area contributed by atoms with E-state index in [0.717, 1.165) is 9.54 Å². The van der Waals surface area contributed by atoms with E-state index in [0.29, 0.717) is 17.6 Å². The first kappa shape index (κ1) is 16.4. The molecule has 2 heterocycles. The van der Waals surface area contributed by atoms with Gasteiger partial charge in [0.05, 0.1) is 16.8 Å². The molecule has 0 saturated heterocycles. The smallest absolute Gasteiger partial charge is 0.269 e. The zero-order valence-electron chi connectivity index (χ0n) is 13.1. The summed E-state index contributed by atoms with van der Waals surface area (Å²) in [6.07, 6.45) is 3.93. The summed E-state index contributed by atoms with van der Waals surface area (Å²) in [5.41, 5.74) is 2.00. The van der Waals surface area contributed by atoms with E-state index in [1.54, 1.807) is 36.4 Å². The Morgan fingerprint density at radius 3 is 2.67 bits per heavy atom. The lowest BCUT2D eigenvalue weighted by atomic mass is 10.2. The lowest BCUT2D eigenvalue weighted by Crippen LogP contribution is -2.13. The van der Waals surface area contributed by atoms with Gasteiger partial charge >= 0.3 is 0 Å². The predicted octanol–water partition coefficient (Wildman–Crippen LogP) is 2.59. The molecule has 6 nitrogen and oxygen atoms in total. The third-order valence-corrected chi connectivity index (χ3v) is 5.36. The average Bonchev–Trinajstić information content (AvgIpc) is 2.99. The second kappa shape index (κ2) is 6.18. The number of benzene rings is 1. The molecule has 1 unspecified atom stereocenters. The van der Waals surface area contributed by atoms with Crippen molar-refractivity contribution in [3.05, 3.63) is 66.6 Å². The van der Waals surface area contributed by atoms with Crippen LogP contribution in [0.4, 0.5) is 0 Å². The number of aryl methyl sites for hydroxylation is 1. The first-order valence-corrected chi connectivity index (χ1v) is 8.82.